The third kappa shape index (κ3) is 3.77. The van der Waals surface area contributed by atoms with Gasteiger partial charge in [0.15, 0.2) is 17.7 Å². The van der Waals surface area contributed by atoms with Crippen molar-refractivity contribution in [2.75, 3.05) is 13.7 Å². The number of nitriles is 1. The van der Waals surface area contributed by atoms with Crippen LogP contribution in [-0.4, -0.2) is 40.8 Å². The molecule has 33 heavy (non-hydrogen) atoms. The Hall–Kier alpha value is -4.29. The van der Waals surface area contributed by atoms with E-state index in [2.05, 4.69) is 11.2 Å². The monoisotopic (exact) mass is 446 g/mol. The fourth-order valence-corrected chi connectivity index (χ4v) is 3.80. The highest BCUT2D eigenvalue weighted by Gasteiger charge is 2.33. The molecule has 4 rings (SSSR count). The van der Waals surface area contributed by atoms with Crippen LogP contribution in [0.1, 0.15) is 34.1 Å². The van der Waals surface area contributed by atoms with Gasteiger partial charge in [0, 0.05) is 5.57 Å². The summed E-state index contributed by atoms with van der Waals surface area (Å²) in [5.74, 6) is 0.456. The van der Waals surface area contributed by atoms with Crippen molar-refractivity contribution in [3.63, 3.8) is 0 Å². The quantitative estimate of drug-likeness (QED) is 0.589. The number of nitrogens with zero attached hydrogens (tertiary/aromatic N) is 3. The highest BCUT2D eigenvalue weighted by molar-refractivity contribution is 5.90. The van der Waals surface area contributed by atoms with Gasteiger partial charge in [-0.05, 0) is 55.8 Å². The molecule has 3 N–H and O–H groups in total. The van der Waals surface area contributed by atoms with E-state index in [9.17, 15) is 15.2 Å². The molecule has 0 saturated carbocycles. The predicted octanol–water partition coefficient (Wildman–Crippen LogP) is 3.29. The minimum Gasteiger partial charge on any atom is -0.493 e. The van der Waals surface area contributed by atoms with E-state index < -0.39 is 12.2 Å². The molecule has 1 aliphatic heterocycles. The topological polar surface area (TPSA) is 133 Å². The van der Waals surface area contributed by atoms with Gasteiger partial charge in [-0.15, -0.1) is 0 Å². The molecule has 9 heteroatoms. The lowest BCUT2D eigenvalue weighted by Gasteiger charge is -2.25. The smallest absolute Gasteiger partial charge is 0.335 e. The first kappa shape index (κ1) is 21.9. The van der Waals surface area contributed by atoms with Crippen LogP contribution >= 0.6 is 0 Å². The molecule has 0 amide bonds. The lowest BCUT2D eigenvalue weighted by molar-refractivity contribution is 0.0697. The molecule has 1 atom stereocenters. The lowest BCUT2D eigenvalue weighted by atomic mass is 9.91. The number of aromatic nitrogens is 2. The number of rotatable bonds is 6. The summed E-state index contributed by atoms with van der Waals surface area (Å²) in [7, 11) is 1.55. The van der Waals surface area contributed by atoms with Gasteiger partial charge < -0.3 is 19.3 Å². The summed E-state index contributed by atoms with van der Waals surface area (Å²) in [6, 6.07) is 13.8. The Morgan fingerprint density at radius 1 is 1.27 bits per heavy atom. The zero-order valence-electron chi connectivity index (χ0n) is 18.3. The molecule has 2 aromatic carbocycles. The maximum absolute atomic E-state index is 11.2. The predicted molar refractivity (Wildman–Crippen MR) is 120 cm³/mol. The number of carboxylic acids is 1. The number of methoxy groups -OCH3 is 1. The molecule has 0 fully saturated rings. The maximum atomic E-state index is 11.2. The fraction of sp³-hybridized carbons (Fsp3) is 0.208. The van der Waals surface area contributed by atoms with Crippen LogP contribution in [0.5, 0.6) is 17.4 Å². The lowest BCUT2D eigenvalue weighted by Crippen LogP contribution is -2.33. The third-order valence-electron chi connectivity index (χ3n) is 5.29. The SMILES string of the molecule is CCOc1ccc(C2=C(C#N)C(N)Oc3c2c(C)nn3-c2ccc(C(=O)O)cc2)cc1OC. The van der Waals surface area contributed by atoms with E-state index in [1.165, 1.54) is 12.1 Å². The van der Waals surface area contributed by atoms with Crippen LogP contribution in [0.4, 0.5) is 0 Å². The van der Waals surface area contributed by atoms with Gasteiger partial charge in [-0.2, -0.15) is 10.4 Å². The van der Waals surface area contributed by atoms with Crippen LogP contribution in [0.25, 0.3) is 11.3 Å². The Kier molecular flexibility index (Phi) is 5.77. The summed E-state index contributed by atoms with van der Waals surface area (Å²) in [4.78, 5) is 11.2. The minimum absolute atomic E-state index is 0.156. The molecule has 0 aliphatic carbocycles. The van der Waals surface area contributed by atoms with Crippen molar-refractivity contribution in [1.29, 1.82) is 5.26 Å². The molecule has 1 unspecified atom stereocenters. The van der Waals surface area contributed by atoms with Crippen molar-refractivity contribution in [3.8, 4) is 29.1 Å². The molecule has 168 valence electrons. The second-order valence-electron chi connectivity index (χ2n) is 7.27. The summed E-state index contributed by atoms with van der Waals surface area (Å²) in [6.45, 7) is 4.17. The van der Waals surface area contributed by atoms with Gasteiger partial charge >= 0.3 is 5.97 Å². The van der Waals surface area contributed by atoms with Crippen molar-refractivity contribution in [2.24, 2.45) is 5.73 Å². The molecule has 0 saturated heterocycles. The van der Waals surface area contributed by atoms with Crippen LogP contribution in [0.2, 0.25) is 0 Å². The van der Waals surface area contributed by atoms with Gasteiger partial charge in [-0.25, -0.2) is 9.48 Å². The second kappa shape index (κ2) is 8.68. The average molecular weight is 446 g/mol. The normalized spacial score (nSPS) is 14.8. The standard InChI is InChI=1S/C24H22N4O5/c1-4-32-18-10-7-15(11-19(18)31-3)21-17(12-25)22(26)33-23-20(21)13(2)27-28(23)16-8-5-14(6-9-16)24(29)30/h5-11,22H,4,26H2,1-3H3,(H,29,30). The van der Waals surface area contributed by atoms with Gasteiger partial charge in [0.1, 0.15) is 6.07 Å². The molecule has 9 nitrogen and oxygen atoms in total. The van der Waals surface area contributed by atoms with Crippen LogP contribution in [-0.2, 0) is 0 Å². The first-order chi connectivity index (χ1) is 15.9. The number of nitrogens with two attached hydrogens (primary N) is 1. The molecular formula is C24H22N4O5. The molecule has 1 aliphatic rings. The fourth-order valence-electron chi connectivity index (χ4n) is 3.80. The number of hydrogen-bond donors (Lipinski definition) is 2. The zero-order valence-corrected chi connectivity index (χ0v) is 18.3. The molecule has 0 radical (unpaired) electrons. The number of hydrogen-bond acceptors (Lipinski definition) is 7. The van der Waals surface area contributed by atoms with Crippen LogP contribution in [0.3, 0.4) is 0 Å². The van der Waals surface area contributed by atoms with E-state index in [0.29, 0.717) is 52.1 Å². The van der Waals surface area contributed by atoms with Gasteiger partial charge in [0.05, 0.1) is 41.8 Å². The summed E-state index contributed by atoms with van der Waals surface area (Å²) >= 11 is 0. The van der Waals surface area contributed by atoms with E-state index in [1.54, 1.807) is 36.1 Å². The van der Waals surface area contributed by atoms with Gasteiger partial charge in [0.25, 0.3) is 0 Å². The number of carboxylic acid groups (broad SMARTS) is 1. The van der Waals surface area contributed by atoms with E-state index >= 15 is 0 Å². The summed E-state index contributed by atoms with van der Waals surface area (Å²) in [6.07, 6.45) is -1.01. The molecule has 1 aromatic heterocycles. The van der Waals surface area contributed by atoms with Crippen LogP contribution in [0, 0.1) is 18.3 Å². The zero-order chi connectivity index (χ0) is 23.7. The summed E-state index contributed by atoms with van der Waals surface area (Å²) in [5, 5.41) is 23.6. The van der Waals surface area contributed by atoms with Crippen LogP contribution < -0.4 is 19.9 Å². The molecule has 0 bridgehead atoms. The summed E-state index contributed by atoms with van der Waals surface area (Å²) in [5.41, 5.74) is 9.78. The van der Waals surface area contributed by atoms with E-state index in [0.717, 1.165) is 0 Å². The highest BCUT2D eigenvalue weighted by Crippen LogP contribution is 2.43. The number of carbonyl (C=O) groups is 1. The summed E-state index contributed by atoms with van der Waals surface area (Å²) < 4.78 is 18.6. The second-order valence-corrected chi connectivity index (χ2v) is 7.27. The first-order valence-corrected chi connectivity index (χ1v) is 10.2. The van der Waals surface area contributed by atoms with Gasteiger partial charge in [-0.1, -0.05) is 6.07 Å². The van der Waals surface area contributed by atoms with Crippen molar-refractivity contribution < 1.29 is 24.1 Å². The van der Waals surface area contributed by atoms with E-state index in [4.69, 9.17) is 19.9 Å². The van der Waals surface area contributed by atoms with E-state index in [1.807, 2.05) is 19.9 Å². The highest BCUT2D eigenvalue weighted by atomic mass is 16.5. The van der Waals surface area contributed by atoms with Crippen molar-refractivity contribution in [1.82, 2.24) is 9.78 Å². The maximum Gasteiger partial charge on any atom is 0.335 e. The first-order valence-electron chi connectivity index (χ1n) is 10.2. The van der Waals surface area contributed by atoms with E-state index in [-0.39, 0.29) is 11.1 Å². The van der Waals surface area contributed by atoms with Gasteiger partial charge in [-0.3, -0.25) is 5.73 Å². The van der Waals surface area contributed by atoms with Crippen molar-refractivity contribution >= 4 is 11.5 Å². The largest absolute Gasteiger partial charge is 0.493 e. The Morgan fingerprint density at radius 2 is 2.00 bits per heavy atom. The molecule has 0 spiro atoms. The number of ether oxygens (including phenoxy) is 3. The van der Waals surface area contributed by atoms with Crippen molar-refractivity contribution in [3.05, 3.63) is 70.4 Å². The molecular weight excluding hydrogens is 424 g/mol. The van der Waals surface area contributed by atoms with Gasteiger partial charge in [0.2, 0.25) is 5.88 Å². The Morgan fingerprint density at radius 3 is 2.61 bits per heavy atom. The number of fused-ring (bicyclic) bond motifs is 1. The Bertz CT molecular complexity index is 1300. The number of aromatic carboxylic acids is 1. The average Bonchev–Trinajstić information content (AvgIpc) is 3.14. The minimum atomic E-state index is -1.02. The Balaban J connectivity index is 1.90. The number of benzene rings is 2. The molecule has 2 heterocycles. The Labute approximate surface area is 190 Å². The molecule has 3 aromatic rings. The van der Waals surface area contributed by atoms with Crippen LogP contribution in [0.15, 0.2) is 48.0 Å². The van der Waals surface area contributed by atoms with Crippen molar-refractivity contribution in [2.45, 2.75) is 20.1 Å². The number of aryl methyl sites for hydroxylation is 1. The third-order valence-corrected chi connectivity index (χ3v) is 5.29.